The van der Waals surface area contributed by atoms with Crippen LogP contribution in [0.1, 0.15) is 33.2 Å². The summed E-state index contributed by atoms with van der Waals surface area (Å²) < 4.78 is 9.96. The number of hydrogen-bond donors (Lipinski definition) is 3. The van der Waals surface area contributed by atoms with Gasteiger partial charge in [0.15, 0.2) is 12.4 Å². The Bertz CT molecular complexity index is 939. The topological polar surface area (TPSA) is 140 Å². The van der Waals surface area contributed by atoms with E-state index >= 15 is 0 Å². The number of carboxylic acid groups (broad SMARTS) is 1. The van der Waals surface area contributed by atoms with E-state index in [0.717, 1.165) is 0 Å². The average Bonchev–Trinajstić information content (AvgIpc) is 2.77. The van der Waals surface area contributed by atoms with Gasteiger partial charge >= 0.3 is 5.97 Å². The Kier molecular flexibility index (Phi) is 8.71. The summed E-state index contributed by atoms with van der Waals surface area (Å²) in [4.78, 5) is 39.7. The van der Waals surface area contributed by atoms with Crippen LogP contribution in [0, 0.1) is 0 Å². The highest BCUT2D eigenvalue weighted by molar-refractivity contribution is 6.04. The van der Waals surface area contributed by atoms with Crippen molar-refractivity contribution < 1.29 is 29.0 Å². The van der Waals surface area contributed by atoms with Crippen LogP contribution in [0.3, 0.4) is 0 Å². The standard InChI is InChI=1S/C22H25N3O6/c1-14(20(28)15-7-9-18(10-8-15)31-13-19(26)27)25-22(29)17-5-3-16(4-6-17)21(23)24-11-12-30-2/h3-10,14H,11-13H2,1-2H3,(H2,23,24)(H,25,29)(H,26,27)/t14-/m1/s1. The Labute approximate surface area is 179 Å². The second-order valence-corrected chi connectivity index (χ2v) is 6.60. The fourth-order valence-electron chi connectivity index (χ4n) is 2.60. The quantitative estimate of drug-likeness (QED) is 0.214. The number of nitrogens with zero attached hydrogens (tertiary/aromatic N) is 1. The van der Waals surface area contributed by atoms with Crippen LogP contribution in [0.2, 0.25) is 0 Å². The fourth-order valence-corrected chi connectivity index (χ4v) is 2.60. The van der Waals surface area contributed by atoms with Crippen molar-refractivity contribution in [2.75, 3.05) is 26.9 Å². The van der Waals surface area contributed by atoms with Crippen molar-refractivity contribution in [3.63, 3.8) is 0 Å². The van der Waals surface area contributed by atoms with E-state index in [1.807, 2.05) is 0 Å². The largest absolute Gasteiger partial charge is 0.482 e. The maximum atomic E-state index is 12.6. The Morgan fingerprint density at radius 3 is 2.19 bits per heavy atom. The number of ether oxygens (including phenoxy) is 2. The van der Waals surface area contributed by atoms with E-state index in [2.05, 4.69) is 10.3 Å². The summed E-state index contributed by atoms with van der Waals surface area (Å²) in [5, 5.41) is 11.3. The molecule has 0 saturated carbocycles. The molecule has 0 saturated heterocycles. The molecule has 0 aliphatic heterocycles. The number of benzene rings is 2. The number of aliphatic imine (C=N–C) groups is 1. The lowest BCUT2D eigenvalue weighted by Crippen LogP contribution is -2.38. The zero-order chi connectivity index (χ0) is 22.8. The first-order valence-electron chi connectivity index (χ1n) is 9.51. The molecule has 0 heterocycles. The molecule has 1 atom stereocenters. The smallest absolute Gasteiger partial charge is 0.341 e. The molecule has 9 heteroatoms. The molecule has 31 heavy (non-hydrogen) atoms. The van der Waals surface area contributed by atoms with E-state index < -0.39 is 24.5 Å². The van der Waals surface area contributed by atoms with E-state index in [1.165, 1.54) is 24.3 Å². The molecule has 2 aromatic carbocycles. The Morgan fingerprint density at radius 2 is 1.61 bits per heavy atom. The van der Waals surface area contributed by atoms with Gasteiger partial charge < -0.3 is 25.6 Å². The number of ketones is 1. The third-order valence-corrected chi connectivity index (χ3v) is 4.26. The maximum Gasteiger partial charge on any atom is 0.341 e. The number of amidine groups is 1. The van der Waals surface area contributed by atoms with Crippen LogP contribution in [0.5, 0.6) is 5.75 Å². The molecule has 0 unspecified atom stereocenters. The molecular formula is C22H25N3O6. The van der Waals surface area contributed by atoms with Crippen molar-refractivity contribution >= 4 is 23.5 Å². The van der Waals surface area contributed by atoms with Gasteiger partial charge in [0, 0.05) is 23.8 Å². The van der Waals surface area contributed by atoms with Gasteiger partial charge in [0.2, 0.25) is 0 Å². The normalized spacial score (nSPS) is 12.1. The zero-order valence-corrected chi connectivity index (χ0v) is 17.3. The Hall–Kier alpha value is -3.72. The molecule has 0 aliphatic carbocycles. The van der Waals surface area contributed by atoms with E-state index in [1.54, 1.807) is 38.3 Å². The van der Waals surface area contributed by atoms with E-state index in [9.17, 15) is 14.4 Å². The van der Waals surface area contributed by atoms with Crippen molar-refractivity contribution in [1.29, 1.82) is 0 Å². The van der Waals surface area contributed by atoms with Crippen LogP contribution in [0.15, 0.2) is 53.5 Å². The molecule has 0 aliphatic rings. The van der Waals surface area contributed by atoms with Crippen LogP contribution in [-0.4, -0.2) is 61.5 Å². The number of nitrogens with two attached hydrogens (primary N) is 1. The number of nitrogens with one attached hydrogen (secondary N) is 1. The number of amides is 1. The number of carboxylic acids is 1. The fraction of sp³-hybridized carbons (Fsp3) is 0.273. The molecule has 0 spiro atoms. The van der Waals surface area contributed by atoms with Crippen molar-refractivity contribution in [3.8, 4) is 5.75 Å². The minimum absolute atomic E-state index is 0.288. The minimum Gasteiger partial charge on any atom is -0.482 e. The lowest BCUT2D eigenvalue weighted by atomic mass is 10.0. The summed E-state index contributed by atoms with van der Waals surface area (Å²) in [6, 6.07) is 11.9. The highest BCUT2D eigenvalue weighted by Gasteiger charge is 2.18. The summed E-state index contributed by atoms with van der Waals surface area (Å²) in [6.45, 7) is 2.02. The van der Waals surface area contributed by atoms with E-state index in [0.29, 0.717) is 41.4 Å². The molecule has 0 aromatic heterocycles. The summed E-state index contributed by atoms with van der Waals surface area (Å²) in [5.74, 6) is -1.09. The molecule has 4 N–H and O–H groups in total. The number of carbonyl (C=O) groups excluding carboxylic acids is 2. The van der Waals surface area contributed by atoms with Crippen LogP contribution >= 0.6 is 0 Å². The van der Waals surface area contributed by atoms with Crippen molar-refractivity contribution in [3.05, 3.63) is 65.2 Å². The number of Topliss-reactive ketones (excluding diaryl/α,β-unsaturated/α-hetero) is 1. The third-order valence-electron chi connectivity index (χ3n) is 4.26. The lowest BCUT2D eigenvalue weighted by Gasteiger charge is -2.14. The highest BCUT2D eigenvalue weighted by Crippen LogP contribution is 2.14. The first-order valence-corrected chi connectivity index (χ1v) is 9.51. The number of carbonyl (C=O) groups is 3. The van der Waals surface area contributed by atoms with Crippen LogP contribution in [-0.2, 0) is 9.53 Å². The first-order chi connectivity index (χ1) is 14.8. The van der Waals surface area contributed by atoms with Gasteiger partial charge in [0.05, 0.1) is 19.2 Å². The van der Waals surface area contributed by atoms with E-state index in [-0.39, 0.29) is 5.78 Å². The predicted molar refractivity (Wildman–Crippen MR) is 115 cm³/mol. The molecule has 2 rings (SSSR count). The van der Waals surface area contributed by atoms with Gasteiger partial charge in [-0.2, -0.15) is 0 Å². The molecule has 0 radical (unpaired) electrons. The molecule has 0 fully saturated rings. The van der Waals surface area contributed by atoms with Crippen molar-refractivity contribution in [2.24, 2.45) is 10.7 Å². The first kappa shape index (κ1) is 23.6. The number of hydrogen-bond acceptors (Lipinski definition) is 6. The number of rotatable bonds is 11. The molecular weight excluding hydrogens is 402 g/mol. The molecule has 2 aromatic rings. The summed E-state index contributed by atoms with van der Waals surface area (Å²) in [5.41, 5.74) is 7.33. The van der Waals surface area contributed by atoms with Crippen molar-refractivity contribution in [2.45, 2.75) is 13.0 Å². The SMILES string of the molecule is COCCN=C(N)c1ccc(C(=O)N[C@H](C)C(=O)c2ccc(OCC(=O)O)cc2)cc1. The Balaban J connectivity index is 1.96. The molecule has 1 amide bonds. The monoisotopic (exact) mass is 427 g/mol. The average molecular weight is 427 g/mol. The number of aliphatic carboxylic acids is 1. The molecule has 0 bridgehead atoms. The Morgan fingerprint density at radius 1 is 1.03 bits per heavy atom. The van der Waals surface area contributed by atoms with Crippen LogP contribution in [0.4, 0.5) is 0 Å². The van der Waals surface area contributed by atoms with Crippen LogP contribution < -0.4 is 15.8 Å². The highest BCUT2D eigenvalue weighted by atomic mass is 16.5. The summed E-state index contributed by atoms with van der Waals surface area (Å²) in [7, 11) is 1.58. The molecule has 9 nitrogen and oxygen atoms in total. The second kappa shape index (κ2) is 11.5. The number of methoxy groups -OCH3 is 1. The third kappa shape index (κ3) is 7.23. The lowest BCUT2D eigenvalue weighted by molar-refractivity contribution is -0.139. The van der Waals surface area contributed by atoms with Crippen molar-refractivity contribution in [1.82, 2.24) is 5.32 Å². The van der Waals surface area contributed by atoms with Gasteiger partial charge in [-0.3, -0.25) is 14.6 Å². The second-order valence-electron chi connectivity index (χ2n) is 6.60. The van der Waals surface area contributed by atoms with Gasteiger partial charge in [0.1, 0.15) is 11.6 Å². The molecule has 164 valence electrons. The van der Waals surface area contributed by atoms with Gasteiger partial charge in [-0.1, -0.05) is 12.1 Å². The van der Waals surface area contributed by atoms with E-state index in [4.69, 9.17) is 20.3 Å². The predicted octanol–water partition coefficient (Wildman–Crippen LogP) is 1.50. The zero-order valence-electron chi connectivity index (χ0n) is 17.3. The maximum absolute atomic E-state index is 12.6. The minimum atomic E-state index is -1.09. The summed E-state index contributed by atoms with van der Waals surface area (Å²) in [6.07, 6.45) is 0. The van der Waals surface area contributed by atoms with Gasteiger partial charge in [-0.25, -0.2) is 4.79 Å². The van der Waals surface area contributed by atoms with Gasteiger partial charge in [-0.15, -0.1) is 0 Å². The summed E-state index contributed by atoms with van der Waals surface area (Å²) >= 11 is 0. The van der Waals surface area contributed by atoms with Crippen LogP contribution in [0.25, 0.3) is 0 Å². The van der Waals surface area contributed by atoms with Gasteiger partial charge in [-0.05, 0) is 43.3 Å². The van der Waals surface area contributed by atoms with Gasteiger partial charge in [0.25, 0.3) is 5.91 Å².